The van der Waals surface area contributed by atoms with Gasteiger partial charge in [0.25, 0.3) is 0 Å². The standard InChI is InChI=1S/C21H33N3O/c1-18-9-5-6-10-20(18)17-22-13-15-23(16-14-22)19(2)21(25)24-11-7-3-4-8-12-24/h5-6,9-10,19H,3-4,7-8,11-17H2,1-2H3. The molecular formula is C21H33N3O. The molecule has 0 radical (unpaired) electrons. The lowest BCUT2D eigenvalue weighted by atomic mass is 10.1. The molecule has 4 nitrogen and oxygen atoms in total. The van der Waals surface area contributed by atoms with Crippen LogP contribution in [0.3, 0.4) is 0 Å². The van der Waals surface area contributed by atoms with Gasteiger partial charge < -0.3 is 4.90 Å². The van der Waals surface area contributed by atoms with Crippen LogP contribution in [0.1, 0.15) is 43.7 Å². The first-order valence-electron chi connectivity index (χ1n) is 9.95. The van der Waals surface area contributed by atoms with E-state index in [0.29, 0.717) is 5.91 Å². The van der Waals surface area contributed by atoms with E-state index in [1.165, 1.54) is 36.8 Å². The molecule has 0 saturated carbocycles. The largest absolute Gasteiger partial charge is 0.341 e. The zero-order valence-corrected chi connectivity index (χ0v) is 15.9. The van der Waals surface area contributed by atoms with Crippen LogP contribution in [0.2, 0.25) is 0 Å². The Bertz CT molecular complexity index is 558. The molecule has 25 heavy (non-hydrogen) atoms. The highest BCUT2D eigenvalue weighted by atomic mass is 16.2. The second-order valence-electron chi connectivity index (χ2n) is 7.65. The highest BCUT2D eigenvalue weighted by Crippen LogP contribution is 2.16. The molecule has 1 aromatic rings. The quantitative estimate of drug-likeness (QED) is 0.841. The van der Waals surface area contributed by atoms with Crippen molar-refractivity contribution in [1.29, 1.82) is 0 Å². The fourth-order valence-electron chi connectivity index (χ4n) is 4.05. The Hall–Kier alpha value is -1.39. The van der Waals surface area contributed by atoms with E-state index in [1.807, 2.05) is 0 Å². The van der Waals surface area contributed by atoms with Crippen molar-refractivity contribution in [2.24, 2.45) is 0 Å². The third-order valence-corrected chi connectivity index (χ3v) is 5.88. The van der Waals surface area contributed by atoms with Crippen molar-refractivity contribution in [1.82, 2.24) is 14.7 Å². The summed E-state index contributed by atoms with van der Waals surface area (Å²) >= 11 is 0. The molecule has 2 aliphatic rings. The Kier molecular flexibility index (Phi) is 6.49. The first kappa shape index (κ1) is 18.4. The summed E-state index contributed by atoms with van der Waals surface area (Å²) < 4.78 is 0. The number of hydrogen-bond donors (Lipinski definition) is 0. The van der Waals surface area contributed by atoms with Gasteiger partial charge in [-0.25, -0.2) is 0 Å². The molecule has 0 aliphatic carbocycles. The van der Waals surface area contributed by atoms with E-state index in [2.05, 4.69) is 52.8 Å². The van der Waals surface area contributed by atoms with E-state index in [9.17, 15) is 4.79 Å². The summed E-state index contributed by atoms with van der Waals surface area (Å²) in [7, 11) is 0. The Morgan fingerprint density at radius 1 is 0.960 bits per heavy atom. The zero-order valence-electron chi connectivity index (χ0n) is 15.9. The molecule has 2 heterocycles. The second kappa shape index (κ2) is 8.81. The van der Waals surface area contributed by atoms with Crippen LogP contribution in [0.5, 0.6) is 0 Å². The summed E-state index contributed by atoms with van der Waals surface area (Å²) in [5, 5.41) is 0. The number of aryl methyl sites for hydroxylation is 1. The Morgan fingerprint density at radius 2 is 1.60 bits per heavy atom. The minimum atomic E-state index is 0.0266. The van der Waals surface area contributed by atoms with Crippen molar-refractivity contribution in [2.75, 3.05) is 39.3 Å². The van der Waals surface area contributed by atoms with Crippen molar-refractivity contribution >= 4 is 5.91 Å². The fraction of sp³-hybridized carbons (Fsp3) is 0.667. The highest BCUT2D eigenvalue weighted by Gasteiger charge is 2.29. The minimum Gasteiger partial charge on any atom is -0.341 e. The number of likely N-dealkylation sites (tertiary alicyclic amines) is 1. The second-order valence-corrected chi connectivity index (χ2v) is 7.65. The SMILES string of the molecule is Cc1ccccc1CN1CCN(C(C)C(=O)N2CCCCCC2)CC1. The maximum atomic E-state index is 12.8. The number of nitrogens with zero attached hydrogens (tertiary/aromatic N) is 3. The third kappa shape index (κ3) is 4.83. The average Bonchev–Trinajstić information content (AvgIpc) is 2.92. The lowest BCUT2D eigenvalue weighted by Gasteiger charge is -2.39. The molecule has 2 aliphatic heterocycles. The van der Waals surface area contributed by atoms with E-state index in [4.69, 9.17) is 0 Å². The van der Waals surface area contributed by atoms with Crippen LogP contribution in [0.4, 0.5) is 0 Å². The molecule has 0 spiro atoms. The Balaban J connectivity index is 1.49. The molecule has 138 valence electrons. The summed E-state index contributed by atoms with van der Waals surface area (Å²) in [5.41, 5.74) is 2.79. The van der Waals surface area contributed by atoms with Crippen LogP contribution in [-0.4, -0.2) is 65.9 Å². The summed E-state index contributed by atoms with van der Waals surface area (Å²) in [6.07, 6.45) is 4.89. The van der Waals surface area contributed by atoms with Gasteiger partial charge in [-0.2, -0.15) is 0 Å². The number of rotatable bonds is 4. The smallest absolute Gasteiger partial charge is 0.239 e. The van der Waals surface area contributed by atoms with Crippen LogP contribution >= 0.6 is 0 Å². The highest BCUT2D eigenvalue weighted by molar-refractivity contribution is 5.81. The minimum absolute atomic E-state index is 0.0266. The van der Waals surface area contributed by atoms with Gasteiger partial charge >= 0.3 is 0 Å². The molecular weight excluding hydrogens is 310 g/mol. The van der Waals surface area contributed by atoms with Gasteiger partial charge in [-0.3, -0.25) is 14.6 Å². The van der Waals surface area contributed by atoms with Crippen molar-refractivity contribution in [2.45, 2.75) is 52.1 Å². The van der Waals surface area contributed by atoms with Gasteiger partial charge in [-0.1, -0.05) is 37.1 Å². The average molecular weight is 344 g/mol. The molecule has 0 bridgehead atoms. The molecule has 2 saturated heterocycles. The van der Waals surface area contributed by atoms with Gasteiger partial charge in [0.2, 0.25) is 5.91 Å². The summed E-state index contributed by atoms with van der Waals surface area (Å²) in [6, 6.07) is 8.67. The lowest BCUT2D eigenvalue weighted by molar-refractivity contribution is -0.137. The number of hydrogen-bond acceptors (Lipinski definition) is 3. The van der Waals surface area contributed by atoms with E-state index in [1.54, 1.807) is 0 Å². The molecule has 4 heteroatoms. The first-order valence-corrected chi connectivity index (χ1v) is 9.95. The summed E-state index contributed by atoms with van der Waals surface area (Å²) in [6.45, 7) is 11.3. The van der Waals surface area contributed by atoms with E-state index >= 15 is 0 Å². The maximum Gasteiger partial charge on any atom is 0.239 e. The normalized spacial score (nSPS) is 21.8. The van der Waals surface area contributed by atoms with Gasteiger partial charge in [0.15, 0.2) is 0 Å². The lowest BCUT2D eigenvalue weighted by Crippen LogP contribution is -2.54. The van der Waals surface area contributed by atoms with E-state index in [0.717, 1.165) is 45.8 Å². The molecule has 3 rings (SSSR count). The van der Waals surface area contributed by atoms with Gasteiger partial charge in [-0.05, 0) is 37.8 Å². The number of carbonyl (C=O) groups is 1. The van der Waals surface area contributed by atoms with Gasteiger partial charge in [0, 0.05) is 45.8 Å². The van der Waals surface area contributed by atoms with Crippen molar-refractivity contribution in [3.05, 3.63) is 35.4 Å². The molecule has 0 aromatic heterocycles. The molecule has 1 amide bonds. The van der Waals surface area contributed by atoms with E-state index in [-0.39, 0.29) is 6.04 Å². The van der Waals surface area contributed by atoms with Crippen molar-refractivity contribution < 1.29 is 4.79 Å². The predicted octanol–water partition coefficient (Wildman–Crippen LogP) is 2.90. The van der Waals surface area contributed by atoms with Crippen molar-refractivity contribution in [3.8, 4) is 0 Å². The fourth-order valence-corrected chi connectivity index (χ4v) is 4.05. The number of piperazine rings is 1. The maximum absolute atomic E-state index is 12.8. The van der Waals surface area contributed by atoms with Crippen LogP contribution < -0.4 is 0 Å². The number of carbonyl (C=O) groups excluding carboxylic acids is 1. The zero-order chi connectivity index (χ0) is 17.6. The Labute approximate surface area is 152 Å². The molecule has 1 aromatic carbocycles. The third-order valence-electron chi connectivity index (χ3n) is 5.88. The summed E-state index contributed by atoms with van der Waals surface area (Å²) in [4.78, 5) is 19.8. The molecule has 2 fully saturated rings. The topological polar surface area (TPSA) is 26.8 Å². The number of benzene rings is 1. The van der Waals surface area contributed by atoms with Gasteiger partial charge in [0.05, 0.1) is 6.04 Å². The molecule has 1 atom stereocenters. The van der Waals surface area contributed by atoms with Crippen LogP contribution in [0.25, 0.3) is 0 Å². The van der Waals surface area contributed by atoms with Crippen LogP contribution in [0, 0.1) is 6.92 Å². The van der Waals surface area contributed by atoms with Crippen molar-refractivity contribution in [3.63, 3.8) is 0 Å². The molecule has 1 unspecified atom stereocenters. The van der Waals surface area contributed by atoms with Gasteiger partial charge in [0.1, 0.15) is 0 Å². The Morgan fingerprint density at radius 3 is 2.24 bits per heavy atom. The number of amides is 1. The first-order chi connectivity index (χ1) is 12.1. The van der Waals surface area contributed by atoms with Crippen LogP contribution in [0.15, 0.2) is 24.3 Å². The predicted molar refractivity (Wildman–Crippen MR) is 103 cm³/mol. The van der Waals surface area contributed by atoms with E-state index < -0.39 is 0 Å². The molecule has 0 N–H and O–H groups in total. The van der Waals surface area contributed by atoms with Gasteiger partial charge in [-0.15, -0.1) is 0 Å². The monoisotopic (exact) mass is 343 g/mol. The summed E-state index contributed by atoms with van der Waals surface area (Å²) in [5.74, 6) is 0.342. The van der Waals surface area contributed by atoms with Crippen LogP contribution in [-0.2, 0) is 11.3 Å².